The third-order valence-electron chi connectivity index (χ3n) is 5.74. The van der Waals surface area contributed by atoms with Gasteiger partial charge in [0.25, 0.3) is 0 Å². The minimum Gasteiger partial charge on any atom is -0.341 e. The Kier molecular flexibility index (Phi) is 8.85. The van der Waals surface area contributed by atoms with Crippen molar-refractivity contribution < 1.29 is 9.59 Å². The number of hydrogen-bond acceptors (Lipinski definition) is 3. The second-order valence-electron chi connectivity index (χ2n) is 7.83. The quantitative estimate of drug-likeness (QED) is 0.622. The highest BCUT2D eigenvalue weighted by atomic mass is 31.0. The molecule has 1 unspecified atom stereocenters. The topological polar surface area (TPSA) is 52.7 Å². The first-order valence-electron chi connectivity index (χ1n) is 10.8. The Morgan fingerprint density at radius 2 is 1.60 bits per heavy atom. The standard InChI is InChI=1S/C24H32N3O2P/c28-23(25-30)12-7-13-24(29)27(21-10-5-2-6-11-21)22-15-18-26(19-16-22)17-14-20-8-3-1-4-9-20/h1-6,8-11,22H,7,12-19,30H2,(H,25,28). The van der Waals surface area contributed by atoms with Crippen LogP contribution in [0.3, 0.4) is 0 Å². The molecule has 3 rings (SSSR count). The lowest BCUT2D eigenvalue weighted by Gasteiger charge is -2.38. The fourth-order valence-electron chi connectivity index (χ4n) is 4.07. The van der Waals surface area contributed by atoms with Gasteiger partial charge in [-0.05, 0) is 52.8 Å². The van der Waals surface area contributed by atoms with Gasteiger partial charge in [-0.25, -0.2) is 0 Å². The summed E-state index contributed by atoms with van der Waals surface area (Å²) in [5.41, 5.74) is 2.33. The number of para-hydroxylation sites is 1. The van der Waals surface area contributed by atoms with Crippen molar-refractivity contribution in [3.63, 3.8) is 0 Å². The van der Waals surface area contributed by atoms with Crippen LogP contribution in [0.15, 0.2) is 60.7 Å². The number of piperidine rings is 1. The van der Waals surface area contributed by atoms with E-state index in [1.165, 1.54) is 5.56 Å². The van der Waals surface area contributed by atoms with Crippen molar-refractivity contribution in [2.75, 3.05) is 24.5 Å². The van der Waals surface area contributed by atoms with Crippen LogP contribution in [-0.2, 0) is 16.0 Å². The molecule has 160 valence electrons. The average Bonchev–Trinajstić information content (AvgIpc) is 2.80. The lowest BCUT2D eigenvalue weighted by Crippen LogP contribution is -2.48. The highest BCUT2D eigenvalue weighted by Gasteiger charge is 2.28. The van der Waals surface area contributed by atoms with Crippen LogP contribution in [0.4, 0.5) is 5.69 Å². The SMILES string of the molecule is O=C(CCCC(=O)N(c1ccccc1)C1CCN(CCc2ccccc2)CC1)NP. The van der Waals surface area contributed by atoms with E-state index in [0.29, 0.717) is 19.3 Å². The number of carbonyl (C=O) groups is 2. The molecule has 0 aliphatic carbocycles. The summed E-state index contributed by atoms with van der Waals surface area (Å²) in [4.78, 5) is 29.0. The number of amides is 2. The number of benzene rings is 2. The molecule has 1 saturated heterocycles. The number of likely N-dealkylation sites (tertiary alicyclic amines) is 1. The number of hydrogen-bond donors (Lipinski definition) is 1. The number of carbonyl (C=O) groups excluding carboxylic acids is 2. The van der Waals surface area contributed by atoms with Crippen molar-refractivity contribution in [3.8, 4) is 0 Å². The molecule has 1 atom stereocenters. The van der Waals surface area contributed by atoms with Crippen molar-refractivity contribution in [1.29, 1.82) is 0 Å². The summed E-state index contributed by atoms with van der Waals surface area (Å²) >= 11 is 0. The molecular formula is C24H32N3O2P. The van der Waals surface area contributed by atoms with Gasteiger partial charge in [-0.2, -0.15) is 0 Å². The molecule has 1 fully saturated rings. The van der Waals surface area contributed by atoms with E-state index < -0.39 is 0 Å². The summed E-state index contributed by atoms with van der Waals surface area (Å²) in [6.07, 6.45) is 4.34. The maximum Gasteiger partial charge on any atom is 0.227 e. The summed E-state index contributed by atoms with van der Waals surface area (Å²) in [5, 5.41) is 2.54. The van der Waals surface area contributed by atoms with Crippen LogP contribution in [0.1, 0.15) is 37.7 Å². The third-order valence-corrected chi connectivity index (χ3v) is 6.06. The smallest absolute Gasteiger partial charge is 0.227 e. The van der Waals surface area contributed by atoms with Crippen molar-refractivity contribution >= 4 is 26.9 Å². The largest absolute Gasteiger partial charge is 0.341 e. The molecular weight excluding hydrogens is 393 g/mol. The molecule has 0 radical (unpaired) electrons. The number of nitrogens with one attached hydrogen (secondary N) is 1. The van der Waals surface area contributed by atoms with E-state index in [1.54, 1.807) is 0 Å². The second-order valence-corrected chi connectivity index (χ2v) is 8.12. The first-order valence-corrected chi connectivity index (χ1v) is 11.4. The minimum atomic E-state index is -0.0502. The van der Waals surface area contributed by atoms with E-state index in [1.807, 2.05) is 35.2 Å². The van der Waals surface area contributed by atoms with Gasteiger partial charge in [0.1, 0.15) is 0 Å². The lowest BCUT2D eigenvalue weighted by atomic mass is 10.0. The van der Waals surface area contributed by atoms with Crippen LogP contribution >= 0.6 is 9.39 Å². The highest BCUT2D eigenvalue weighted by Crippen LogP contribution is 2.25. The molecule has 0 aromatic heterocycles. The van der Waals surface area contributed by atoms with Crippen LogP contribution in [0.2, 0.25) is 0 Å². The first kappa shape index (κ1) is 22.5. The molecule has 1 N–H and O–H groups in total. The van der Waals surface area contributed by atoms with Gasteiger partial charge in [0.15, 0.2) is 0 Å². The Morgan fingerprint density at radius 1 is 0.967 bits per heavy atom. The summed E-state index contributed by atoms with van der Waals surface area (Å²) in [6.45, 7) is 3.06. The van der Waals surface area contributed by atoms with E-state index in [4.69, 9.17) is 0 Å². The predicted octanol–water partition coefficient (Wildman–Crippen LogP) is 3.80. The van der Waals surface area contributed by atoms with Gasteiger partial charge in [-0.15, -0.1) is 0 Å². The molecule has 0 bridgehead atoms. The summed E-state index contributed by atoms with van der Waals surface area (Å²) in [5.74, 6) is 0.0614. The van der Waals surface area contributed by atoms with E-state index in [9.17, 15) is 9.59 Å². The Hall–Kier alpha value is -2.23. The zero-order valence-electron chi connectivity index (χ0n) is 17.5. The summed E-state index contributed by atoms with van der Waals surface area (Å²) in [6, 6.07) is 20.8. The van der Waals surface area contributed by atoms with Gasteiger partial charge in [-0.3, -0.25) is 9.59 Å². The van der Waals surface area contributed by atoms with Crippen LogP contribution in [0.25, 0.3) is 0 Å². The van der Waals surface area contributed by atoms with Gasteiger partial charge in [0, 0.05) is 44.2 Å². The Bertz CT molecular complexity index is 793. The molecule has 2 aromatic carbocycles. The summed E-state index contributed by atoms with van der Waals surface area (Å²) < 4.78 is 0. The number of nitrogens with zero attached hydrogens (tertiary/aromatic N) is 2. The second kappa shape index (κ2) is 11.8. The first-order chi connectivity index (χ1) is 14.7. The van der Waals surface area contributed by atoms with Crippen molar-refractivity contribution in [1.82, 2.24) is 9.99 Å². The van der Waals surface area contributed by atoms with Crippen LogP contribution in [0.5, 0.6) is 0 Å². The zero-order chi connectivity index (χ0) is 21.2. The molecule has 1 heterocycles. The molecule has 0 spiro atoms. The molecule has 2 aromatic rings. The van der Waals surface area contributed by atoms with Crippen molar-refractivity contribution in [2.24, 2.45) is 0 Å². The normalized spacial score (nSPS) is 15.0. The van der Waals surface area contributed by atoms with Gasteiger partial charge in [0.05, 0.1) is 0 Å². The minimum absolute atomic E-state index is 0.0502. The van der Waals surface area contributed by atoms with Crippen molar-refractivity contribution in [3.05, 3.63) is 66.2 Å². The highest BCUT2D eigenvalue weighted by molar-refractivity contribution is 7.15. The van der Waals surface area contributed by atoms with E-state index in [0.717, 1.165) is 44.6 Å². The Morgan fingerprint density at radius 3 is 2.23 bits per heavy atom. The molecule has 1 aliphatic heterocycles. The molecule has 0 saturated carbocycles. The van der Waals surface area contributed by atoms with Gasteiger partial charge < -0.3 is 14.9 Å². The number of rotatable bonds is 9. The third kappa shape index (κ3) is 6.65. The molecule has 1 aliphatic rings. The van der Waals surface area contributed by atoms with Gasteiger partial charge >= 0.3 is 0 Å². The van der Waals surface area contributed by atoms with Crippen LogP contribution in [0, 0.1) is 0 Å². The predicted molar refractivity (Wildman–Crippen MR) is 125 cm³/mol. The van der Waals surface area contributed by atoms with Gasteiger partial charge in [-0.1, -0.05) is 48.5 Å². The Balaban J connectivity index is 1.56. The average molecular weight is 426 g/mol. The lowest BCUT2D eigenvalue weighted by molar-refractivity contribution is -0.120. The molecule has 6 heteroatoms. The van der Waals surface area contributed by atoms with E-state index in [2.05, 4.69) is 49.7 Å². The van der Waals surface area contributed by atoms with Crippen molar-refractivity contribution in [2.45, 2.75) is 44.6 Å². The summed E-state index contributed by atoms with van der Waals surface area (Å²) in [7, 11) is 2.21. The van der Waals surface area contributed by atoms with Crippen LogP contribution < -0.4 is 9.99 Å². The molecule has 2 amide bonds. The fourth-order valence-corrected chi connectivity index (χ4v) is 4.22. The zero-order valence-corrected chi connectivity index (χ0v) is 18.7. The molecule has 5 nitrogen and oxygen atoms in total. The fraction of sp³-hybridized carbons (Fsp3) is 0.417. The van der Waals surface area contributed by atoms with Gasteiger partial charge in [0.2, 0.25) is 11.8 Å². The Labute approximate surface area is 182 Å². The molecule has 30 heavy (non-hydrogen) atoms. The van der Waals surface area contributed by atoms with E-state index in [-0.39, 0.29) is 17.9 Å². The van der Waals surface area contributed by atoms with Crippen LogP contribution in [-0.4, -0.2) is 42.4 Å². The maximum absolute atomic E-state index is 13.1. The van der Waals surface area contributed by atoms with E-state index >= 15 is 0 Å². The monoisotopic (exact) mass is 425 g/mol. The number of anilines is 1. The maximum atomic E-state index is 13.1.